The zero-order valence-electron chi connectivity index (χ0n) is 9.00. The van der Waals surface area contributed by atoms with Crippen LogP contribution < -0.4 is 0 Å². The van der Waals surface area contributed by atoms with E-state index in [0.717, 1.165) is 18.6 Å². The normalized spacial score (nSPS) is 10.7. The maximum atomic E-state index is 10.7. The molecule has 0 saturated heterocycles. The van der Waals surface area contributed by atoms with Gasteiger partial charge in [-0.25, -0.2) is 0 Å². The average Bonchev–Trinajstić information content (AvgIpc) is 2.17. The van der Waals surface area contributed by atoms with E-state index in [1.54, 1.807) is 11.8 Å². The fourth-order valence-electron chi connectivity index (χ4n) is 0.887. The van der Waals surface area contributed by atoms with Gasteiger partial charge < -0.3 is 4.74 Å². The van der Waals surface area contributed by atoms with Crippen LogP contribution in [0.5, 0.6) is 0 Å². The molecule has 0 aliphatic heterocycles. The number of nitrogens with zero attached hydrogens (tertiary/aromatic N) is 1. The minimum atomic E-state index is -0.244. The summed E-state index contributed by atoms with van der Waals surface area (Å²) in [7, 11) is 1.39. The van der Waals surface area contributed by atoms with Crippen LogP contribution >= 0.6 is 11.8 Å². The van der Waals surface area contributed by atoms with E-state index in [-0.39, 0.29) is 11.4 Å². The highest BCUT2D eigenvalue weighted by molar-refractivity contribution is 7.99. The zero-order valence-corrected chi connectivity index (χ0v) is 9.82. The van der Waals surface area contributed by atoms with Crippen molar-refractivity contribution in [1.29, 1.82) is 5.26 Å². The van der Waals surface area contributed by atoms with Crippen molar-refractivity contribution in [3.63, 3.8) is 0 Å². The van der Waals surface area contributed by atoms with Gasteiger partial charge >= 0.3 is 5.97 Å². The van der Waals surface area contributed by atoms with Gasteiger partial charge in [0.2, 0.25) is 0 Å². The Labute approximate surface area is 89.8 Å². The van der Waals surface area contributed by atoms with Crippen LogP contribution in [0.2, 0.25) is 0 Å². The number of nitriles is 1. The van der Waals surface area contributed by atoms with Crippen LogP contribution in [0, 0.1) is 16.7 Å². The summed E-state index contributed by atoms with van der Waals surface area (Å²) in [6.07, 6.45) is 1.83. The van der Waals surface area contributed by atoms with E-state index in [9.17, 15) is 4.79 Å². The third kappa shape index (κ3) is 6.79. The lowest BCUT2D eigenvalue weighted by atomic mass is 9.90. The number of methoxy groups -OCH3 is 1. The van der Waals surface area contributed by atoms with E-state index in [4.69, 9.17) is 5.26 Å². The third-order valence-electron chi connectivity index (χ3n) is 1.84. The van der Waals surface area contributed by atoms with Crippen LogP contribution in [0.3, 0.4) is 0 Å². The Morgan fingerprint density at radius 3 is 2.71 bits per heavy atom. The third-order valence-corrected chi connectivity index (χ3v) is 2.86. The first kappa shape index (κ1) is 13.3. The number of carbonyl (C=O) groups excluding carboxylic acids is 1. The van der Waals surface area contributed by atoms with Gasteiger partial charge in [-0.15, -0.1) is 0 Å². The molecule has 0 aromatic rings. The highest BCUT2D eigenvalue weighted by Crippen LogP contribution is 2.21. The van der Waals surface area contributed by atoms with Gasteiger partial charge in [-0.2, -0.15) is 17.0 Å². The maximum Gasteiger partial charge on any atom is 0.315 e. The number of hydrogen-bond donors (Lipinski definition) is 0. The van der Waals surface area contributed by atoms with E-state index in [0.29, 0.717) is 5.75 Å². The van der Waals surface area contributed by atoms with Gasteiger partial charge in [-0.3, -0.25) is 4.79 Å². The fourth-order valence-corrected chi connectivity index (χ4v) is 1.66. The van der Waals surface area contributed by atoms with Crippen LogP contribution in [0.25, 0.3) is 0 Å². The number of thioether (sulfide) groups is 1. The molecule has 0 bridgehead atoms. The minimum Gasteiger partial charge on any atom is -0.468 e. The molecule has 0 radical (unpaired) electrons. The van der Waals surface area contributed by atoms with E-state index < -0.39 is 0 Å². The topological polar surface area (TPSA) is 50.1 Å². The predicted molar refractivity (Wildman–Crippen MR) is 58.0 cm³/mol. The van der Waals surface area contributed by atoms with Crippen LogP contribution in [0.1, 0.15) is 26.7 Å². The smallest absolute Gasteiger partial charge is 0.315 e. The lowest BCUT2D eigenvalue weighted by Gasteiger charge is -2.13. The highest BCUT2D eigenvalue weighted by atomic mass is 32.2. The molecule has 0 atom stereocenters. The molecule has 0 unspecified atom stereocenters. The monoisotopic (exact) mass is 215 g/mol. The first-order valence-electron chi connectivity index (χ1n) is 4.57. The fraction of sp³-hybridized carbons (Fsp3) is 0.800. The number of ether oxygens (including phenoxy) is 1. The number of carbonyl (C=O) groups is 1. The lowest BCUT2D eigenvalue weighted by molar-refractivity contribution is -0.137. The summed E-state index contributed by atoms with van der Waals surface area (Å²) in [5, 5.41) is 8.75. The van der Waals surface area contributed by atoms with Crippen molar-refractivity contribution in [2.75, 3.05) is 18.6 Å². The van der Waals surface area contributed by atoms with Gasteiger partial charge in [0.1, 0.15) is 0 Å². The average molecular weight is 215 g/mol. The molecule has 0 aromatic carbocycles. The highest BCUT2D eigenvalue weighted by Gasteiger charge is 2.15. The predicted octanol–water partition coefficient (Wildman–Crippen LogP) is 2.22. The van der Waals surface area contributed by atoms with E-state index >= 15 is 0 Å². The van der Waals surface area contributed by atoms with Crippen molar-refractivity contribution in [3.8, 4) is 6.07 Å². The molecule has 0 N–H and O–H groups in total. The molecular weight excluding hydrogens is 198 g/mol. The Balaban J connectivity index is 3.40. The summed E-state index contributed by atoms with van der Waals surface area (Å²) < 4.78 is 4.51. The van der Waals surface area contributed by atoms with Crippen molar-refractivity contribution in [2.45, 2.75) is 26.7 Å². The molecule has 80 valence electrons. The van der Waals surface area contributed by atoms with Crippen molar-refractivity contribution < 1.29 is 9.53 Å². The maximum absolute atomic E-state index is 10.7. The van der Waals surface area contributed by atoms with Crippen LogP contribution in [-0.2, 0) is 9.53 Å². The molecule has 0 fully saturated rings. The first-order chi connectivity index (χ1) is 6.52. The van der Waals surface area contributed by atoms with Crippen LogP contribution in [0.15, 0.2) is 0 Å². The van der Waals surface area contributed by atoms with Crippen LogP contribution in [-0.4, -0.2) is 24.6 Å². The quantitative estimate of drug-likeness (QED) is 0.503. The zero-order chi connectivity index (χ0) is 11.0. The Kier molecular flexibility index (Phi) is 6.39. The van der Waals surface area contributed by atoms with Gasteiger partial charge in [0.05, 0.1) is 24.3 Å². The molecule has 0 rings (SSSR count). The van der Waals surface area contributed by atoms with Crippen molar-refractivity contribution >= 4 is 17.7 Å². The molecule has 0 amide bonds. The number of hydrogen-bond acceptors (Lipinski definition) is 4. The molecule has 0 aliphatic carbocycles. The summed E-state index contributed by atoms with van der Waals surface area (Å²) >= 11 is 1.55. The summed E-state index contributed by atoms with van der Waals surface area (Å²) in [5.41, 5.74) is -0.244. The second-order valence-corrected chi connectivity index (χ2v) is 4.83. The molecule has 3 nitrogen and oxygen atoms in total. The summed E-state index contributed by atoms with van der Waals surface area (Å²) in [5.74, 6) is 1.12. The standard InChI is InChI=1S/C10H17NO2S/c1-10(2,8-11)5-4-6-14-7-9(12)13-3/h4-7H2,1-3H3. The first-order valence-corrected chi connectivity index (χ1v) is 5.73. The largest absolute Gasteiger partial charge is 0.468 e. The van der Waals surface area contributed by atoms with Crippen LogP contribution in [0.4, 0.5) is 0 Å². The lowest BCUT2D eigenvalue weighted by Crippen LogP contribution is -2.08. The van der Waals surface area contributed by atoms with E-state index in [2.05, 4.69) is 10.8 Å². The summed E-state index contributed by atoms with van der Waals surface area (Å²) in [6, 6.07) is 2.25. The Hall–Kier alpha value is -0.690. The second kappa shape index (κ2) is 6.72. The second-order valence-electron chi connectivity index (χ2n) is 3.73. The SMILES string of the molecule is COC(=O)CSCCCC(C)(C)C#N. The molecule has 0 aromatic heterocycles. The molecule has 14 heavy (non-hydrogen) atoms. The number of esters is 1. The molecule has 0 spiro atoms. The molecule has 0 saturated carbocycles. The molecule has 4 heteroatoms. The van der Waals surface area contributed by atoms with Crippen molar-refractivity contribution in [3.05, 3.63) is 0 Å². The van der Waals surface area contributed by atoms with Crippen molar-refractivity contribution in [2.24, 2.45) is 5.41 Å². The Morgan fingerprint density at radius 1 is 1.57 bits per heavy atom. The van der Waals surface area contributed by atoms with Gasteiger partial charge in [0.25, 0.3) is 0 Å². The Morgan fingerprint density at radius 2 is 2.21 bits per heavy atom. The molecular formula is C10H17NO2S. The van der Waals surface area contributed by atoms with E-state index in [1.165, 1.54) is 7.11 Å². The Bertz CT molecular complexity index is 221. The molecule has 0 aliphatic rings. The van der Waals surface area contributed by atoms with Gasteiger partial charge in [0.15, 0.2) is 0 Å². The summed E-state index contributed by atoms with van der Waals surface area (Å²) in [6.45, 7) is 3.86. The molecule has 0 heterocycles. The van der Waals surface area contributed by atoms with Gasteiger partial charge in [-0.05, 0) is 32.4 Å². The minimum absolute atomic E-state index is 0.186. The van der Waals surface area contributed by atoms with Crippen molar-refractivity contribution in [1.82, 2.24) is 0 Å². The summed E-state index contributed by atoms with van der Waals surface area (Å²) in [4.78, 5) is 10.7. The van der Waals surface area contributed by atoms with Gasteiger partial charge in [-0.1, -0.05) is 0 Å². The van der Waals surface area contributed by atoms with E-state index in [1.807, 2.05) is 13.8 Å². The number of rotatable bonds is 6. The van der Waals surface area contributed by atoms with Gasteiger partial charge in [0, 0.05) is 0 Å².